The van der Waals surface area contributed by atoms with Crippen LogP contribution in [-0.4, -0.2) is 64.7 Å². The Kier molecular flexibility index (Phi) is 7.04. The number of carbonyl (C=O) groups is 2. The maximum Gasteiger partial charge on any atom is 0.380 e. The molecule has 0 aliphatic carbocycles. The van der Waals surface area contributed by atoms with Crippen molar-refractivity contribution in [1.29, 1.82) is 0 Å². The molecule has 2 amide bonds. The second-order valence-corrected chi connectivity index (χ2v) is 10.1. The summed E-state index contributed by atoms with van der Waals surface area (Å²) in [6.45, 7) is 0.755. The molecule has 2 aromatic heterocycles. The van der Waals surface area contributed by atoms with E-state index in [1.807, 2.05) is 10.2 Å². The molecule has 11 nitrogen and oxygen atoms in total. The summed E-state index contributed by atoms with van der Waals surface area (Å²) in [6.07, 6.45) is -0.768. The topological polar surface area (TPSA) is 136 Å². The summed E-state index contributed by atoms with van der Waals surface area (Å²) in [5, 5.41) is 9.73. The first kappa shape index (κ1) is 27.6. The zero-order valence-corrected chi connectivity index (χ0v) is 22.3. The molecule has 2 aliphatic heterocycles. The quantitative estimate of drug-likeness (QED) is 0.272. The van der Waals surface area contributed by atoms with E-state index in [2.05, 4.69) is 21.0 Å². The van der Waals surface area contributed by atoms with Gasteiger partial charge in [0.05, 0.1) is 29.4 Å². The SMILES string of the molecule is CNC(=O)C(F)(F)c1ccc(C2NNC3CN(C(=O)c4cc(Cc5n[nH]c(=O)c6ccccc56)ccc4F)CCN32)o1. The van der Waals surface area contributed by atoms with Gasteiger partial charge in [-0.05, 0) is 35.9 Å². The molecule has 2 fully saturated rings. The number of hydrogen-bond donors (Lipinski definition) is 4. The minimum absolute atomic E-state index is 0.0932. The standard InChI is InChI=1S/C28H26F3N7O4/c1-32-27(41)28(30,31)22-9-8-21(42-22)24-35-34-23-14-37(10-11-38(23)24)26(40)18-12-15(6-7-19(18)29)13-20-16-4-2-3-5-17(16)25(39)36-33-20/h2-9,12,23-24,34-35H,10-11,13-14H2,1H3,(H,32,41)(H,36,39). The largest absolute Gasteiger partial charge is 0.456 e. The summed E-state index contributed by atoms with van der Waals surface area (Å²) in [7, 11) is 1.11. The van der Waals surface area contributed by atoms with Gasteiger partial charge in [-0.3, -0.25) is 19.3 Å². The number of fused-ring (bicyclic) bond motifs is 2. The molecule has 4 N–H and O–H groups in total. The van der Waals surface area contributed by atoms with Crippen molar-refractivity contribution in [1.82, 2.24) is 36.2 Å². The predicted molar refractivity (Wildman–Crippen MR) is 144 cm³/mol. The Labute approximate surface area is 236 Å². The van der Waals surface area contributed by atoms with E-state index in [0.29, 0.717) is 28.6 Å². The van der Waals surface area contributed by atoms with Crippen LogP contribution in [0.15, 0.2) is 63.8 Å². The normalized spacial score (nSPS) is 19.2. The molecule has 2 aliphatic rings. The lowest BCUT2D eigenvalue weighted by Gasteiger charge is -2.38. The number of hydrogen-bond acceptors (Lipinski definition) is 8. The van der Waals surface area contributed by atoms with E-state index in [4.69, 9.17) is 4.42 Å². The van der Waals surface area contributed by atoms with Gasteiger partial charge in [-0.2, -0.15) is 13.9 Å². The van der Waals surface area contributed by atoms with Gasteiger partial charge in [-0.1, -0.05) is 24.3 Å². The Bertz CT molecular complexity index is 1740. The molecule has 2 unspecified atom stereocenters. The van der Waals surface area contributed by atoms with Gasteiger partial charge < -0.3 is 14.6 Å². The molecule has 42 heavy (non-hydrogen) atoms. The second-order valence-electron chi connectivity index (χ2n) is 10.1. The molecule has 0 bridgehead atoms. The van der Waals surface area contributed by atoms with E-state index in [1.165, 1.54) is 23.1 Å². The molecule has 14 heteroatoms. The molecule has 0 saturated carbocycles. The van der Waals surface area contributed by atoms with Gasteiger partial charge in [0.15, 0.2) is 5.76 Å². The Morgan fingerprint density at radius 3 is 2.67 bits per heavy atom. The molecular weight excluding hydrogens is 555 g/mol. The van der Waals surface area contributed by atoms with Crippen molar-refractivity contribution in [3.63, 3.8) is 0 Å². The lowest BCUT2D eigenvalue weighted by Crippen LogP contribution is -2.55. The van der Waals surface area contributed by atoms with E-state index in [1.54, 1.807) is 30.3 Å². The van der Waals surface area contributed by atoms with Crippen LogP contribution in [0.2, 0.25) is 0 Å². The number of H-pyrrole nitrogens is 1. The smallest absolute Gasteiger partial charge is 0.380 e. The van der Waals surface area contributed by atoms with Gasteiger partial charge in [0.1, 0.15) is 17.7 Å². The molecule has 2 aromatic carbocycles. The van der Waals surface area contributed by atoms with Crippen LogP contribution in [0.4, 0.5) is 13.2 Å². The molecule has 218 valence electrons. The summed E-state index contributed by atoms with van der Waals surface area (Å²) in [5.41, 5.74) is 6.84. The zero-order chi connectivity index (χ0) is 29.6. The summed E-state index contributed by atoms with van der Waals surface area (Å²) < 4.78 is 48.9. The van der Waals surface area contributed by atoms with Crippen LogP contribution in [0.3, 0.4) is 0 Å². The third-order valence-electron chi connectivity index (χ3n) is 7.55. The number of aromatic amines is 1. The molecule has 4 aromatic rings. The fourth-order valence-electron chi connectivity index (χ4n) is 5.37. The van der Waals surface area contributed by atoms with Gasteiger partial charge in [0.2, 0.25) is 0 Å². The van der Waals surface area contributed by atoms with Gasteiger partial charge in [0.25, 0.3) is 17.4 Å². The number of hydrazine groups is 1. The molecule has 4 heterocycles. The summed E-state index contributed by atoms with van der Waals surface area (Å²) >= 11 is 0. The number of likely N-dealkylation sites (N-methyl/N-ethyl adjacent to an activating group) is 1. The van der Waals surface area contributed by atoms with Crippen LogP contribution >= 0.6 is 0 Å². The molecule has 6 rings (SSSR count). The van der Waals surface area contributed by atoms with E-state index in [0.717, 1.165) is 13.1 Å². The number of alkyl halides is 2. The third kappa shape index (κ3) is 4.82. The Balaban J connectivity index is 1.16. The Morgan fingerprint density at radius 1 is 1.10 bits per heavy atom. The van der Waals surface area contributed by atoms with Gasteiger partial charge in [-0.25, -0.2) is 20.3 Å². The first-order valence-electron chi connectivity index (χ1n) is 13.2. The lowest BCUT2D eigenvalue weighted by molar-refractivity contribution is -0.149. The summed E-state index contributed by atoms with van der Waals surface area (Å²) in [4.78, 5) is 40.5. The first-order chi connectivity index (χ1) is 20.2. The minimum atomic E-state index is -3.83. The number of nitrogens with one attached hydrogen (secondary N) is 4. The second kappa shape index (κ2) is 10.7. The van der Waals surface area contributed by atoms with Gasteiger partial charge in [-0.15, -0.1) is 0 Å². The maximum atomic E-state index is 14.9. The van der Waals surface area contributed by atoms with E-state index in [-0.39, 0.29) is 36.4 Å². The minimum Gasteiger partial charge on any atom is -0.456 e. The average molecular weight is 582 g/mol. The number of nitrogens with zero attached hydrogens (tertiary/aromatic N) is 3. The zero-order valence-electron chi connectivity index (χ0n) is 22.3. The van der Waals surface area contributed by atoms with Crippen LogP contribution in [-0.2, 0) is 17.1 Å². The highest BCUT2D eigenvalue weighted by Crippen LogP contribution is 2.34. The third-order valence-corrected chi connectivity index (χ3v) is 7.55. The molecule has 0 radical (unpaired) electrons. The maximum absolute atomic E-state index is 14.9. The van der Waals surface area contributed by atoms with E-state index < -0.39 is 41.6 Å². The number of carbonyl (C=O) groups excluding carboxylic acids is 2. The van der Waals surface area contributed by atoms with Gasteiger partial charge in [0, 0.05) is 31.9 Å². The first-order valence-corrected chi connectivity index (χ1v) is 13.2. The number of rotatable bonds is 6. The Morgan fingerprint density at radius 2 is 1.88 bits per heavy atom. The Hall–Kier alpha value is -4.53. The highest BCUT2D eigenvalue weighted by Gasteiger charge is 2.46. The van der Waals surface area contributed by atoms with Crippen molar-refractivity contribution < 1.29 is 27.2 Å². The highest BCUT2D eigenvalue weighted by molar-refractivity contribution is 5.95. The van der Waals surface area contributed by atoms with Crippen molar-refractivity contribution >= 4 is 22.6 Å². The fraction of sp³-hybridized carbons (Fsp3) is 0.286. The van der Waals surface area contributed by atoms with Crippen molar-refractivity contribution in [3.05, 3.63) is 99.1 Å². The number of benzene rings is 2. The van der Waals surface area contributed by atoms with Crippen LogP contribution in [0.5, 0.6) is 0 Å². The van der Waals surface area contributed by atoms with Crippen LogP contribution in [0.1, 0.15) is 39.3 Å². The van der Waals surface area contributed by atoms with E-state index in [9.17, 15) is 27.6 Å². The van der Waals surface area contributed by atoms with Crippen molar-refractivity contribution in [2.45, 2.75) is 24.7 Å². The van der Waals surface area contributed by atoms with Crippen molar-refractivity contribution in [2.24, 2.45) is 0 Å². The highest BCUT2D eigenvalue weighted by atomic mass is 19.3. The lowest BCUT2D eigenvalue weighted by atomic mass is 10.0. The average Bonchev–Trinajstić information content (AvgIpc) is 3.66. The van der Waals surface area contributed by atoms with Crippen molar-refractivity contribution in [3.8, 4) is 0 Å². The molecule has 2 atom stereocenters. The number of piperazine rings is 1. The molecule has 2 saturated heterocycles. The number of furan rings is 1. The van der Waals surface area contributed by atoms with Gasteiger partial charge >= 0.3 is 5.92 Å². The number of amides is 2. The van der Waals surface area contributed by atoms with E-state index >= 15 is 0 Å². The predicted octanol–water partition coefficient (Wildman–Crippen LogP) is 1.97. The summed E-state index contributed by atoms with van der Waals surface area (Å²) in [6, 6.07) is 13.8. The summed E-state index contributed by atoms with van der Waals surface area (Å²) in [5.74, 6) is -7.08. The van der Waals surface area contributed by atoms with Crippen LogP contribution < -0.4 is 21.7 Å². The van der Waals surface area contributed by atoms with Crippen LogP contribution in [0.25, 0.3) is 10.8 Å². The number of halogens is 3. The van der Waals surface area contributed by atoms with Crippen LogP contribution in [0, 0.1) is 5.82 Å². The van der Waals surface area contributed by atoms with Crippen molar-refractivity contribution in [2.75, 3.05) is 26.7 Å². The number of aromatic nitrogens is 2. The molecule has 0 spiro atoms. The molecular formula is C28H26F3N7O4. The monoisotopic (exact) mass is 581 g/mol. The fourth-order valence-corrected chi connectivity index (χ4v) is 5.37.